The number of aromatic nitrogens is 3. The van der Waals surface area contributed by atoms with Gasteiger partial charge in [-0.05, 0) is 43.9 Å². The highest BCUT2D eigenvalue weighted by molar-refractivity contribution is 5.79. The van der Waals surface area contributed by atoms with Crippen molar-refractivity contribution in [3.63, 3.8) is 0 Å². The highest BCUT2D eigenvalue weighted by Crippen LogP contribution is 2.20. The van der Waals surface area contributed by atoms with Gasteiger partial charge in [0.05, 0.1) is 19.7 Å². The second kappa shape index (κ2) is 9.18. The fourth-order valence-electron chi connectivity index (χ4n) is 3.01. The van der Waals surface area contributed by atoms with Crippen LogP contribution in [-0.2, 0) is 6.54 Å². The zero-order valence-electron chi connectivity index (χ0n) is 16.8. The van der Waals surface area contributed by atoms with Crippen molar-refractivity contribution in [1.82, 2.24) is 30.1 Å². The molecule has 2 N–H and O–H groups in total. The number of aliphatic imine (C=N–C) groups is 1. The summed E-state index contributed by atoms with van der Waals surface area (Å²) in [6.07, 6.45) is 1.95. The molecular formula is C20H27N7O. The summed E-state index contributed by atoms with van der Waals surface area (Å²) in [6.45, 7) is 1.24. The Labute approximate surface area is 165 Å². The molecule has 0 spiro atoms. The first-order valence-electron chi connectivity index (χ1n) is 9.16. The molecule has 0 bridgehead atoms. The molecule has 0 saturated carbocycles. The molecule has 8 heteroatoms. The van der Waals surface area contributed by atoms with Crippen LogP contribution in [0, 0.1) is 0 Å². The number of rotatable bonds is 7. The lowest BCUT2D eigenvalue weighted by atomic mass is 10.1. The van der Waals surface area contributed by atoms with Gasteiger partial charge in [0, 0.05) is 19.8 Å². The molecular weight excluding hydrogens is 354 g/mol. The van der Waals surface area contributed by atoms with Crippen LogP contribution >= 0.6 is 0 Å². The van der Waals surface area contributed by atoms with Gasteiger partial charge in [-0.1, -0.05) is 18.2 Å². The number of nitrogens with one attached hydrogen (secondary N) is 2. The van der Waals surface area contributed by atoms with Crippen molar-refractivity contribution in [3.05, 3.63) is 60.0 Å². The summed E-state index contributed by atoms with van der Waals surface area (Å²) in [5, 5.41) is 15.1. The number of pyridine rings is 1. The molecule has 0 fully saturated rings. The fraction of sp³-hybridized carbons (Fsp3) is 0.350. The van der Waals surface area contributed by atoms with Crippen LogP contribution in [0.2, 0.25) is 0 Å². The van der Waals surface area contributed by atoms with E-state index in [0.717, 1.165) is 17.2 Å². The highest BCUT2D eigenvalue weighted by atomic mass is 16.5. The number of ether oxygens (including phenoxy) is 1. The minimum Gasteiger partial charge on any atom is -0.497 e. The quantitative estimate of drug-likeness (QED) is 0.479. The van der Waals surface area contributed by atoms with Crippen molar-refractivity contribution < 1.29 is 4.74 Å². The lowest BCUT2D eigenvalue weighted by Gasteiger charge is -2.26. The van der Waals surface area contributed by atoms with Crippen LogP contribution in [0.5, 0.6) is 5.75 Å². The lowest BCUT2D eigenvalue weighted by Crippen LogP contribution is -2.41. The maximum atomic E-state index is 5.25. The van der Waals surface area contributed by atoms with Crippen molar-refractivity contribution in [2.45, 2.75) is 12.6 Å². The Balaban J connectivity index is 1.61. The molecule has 0 aliphatic rings. The Morgan fingerprint density at radius 1 is 1.14 bits per heavy atom. The van der Waals surface area contributed by atoms with Crippen LogP contribution < -0.4 is 15.4 Å². The van der Waals surface area contributed by atoms with E-state index in [1.165, 1.54) is 5.56 Å². The maximum Gasteiger partial charge on any atom is 0.191 e. The van der Waals surface area contributed by atoms with Gasteiger partial charge in [-0.2, -0.15) is 0 Å². The average molecular weight is 381 g/mol. The highest BCUT2D eigenvalue weighted by Gasteiger charge is 2.15. The molecule has 0 saturated heterocycles. The number of guanidine groups is 1. The average Bonchev–Trinajstić information content (AvgIpc) is 3.14. The maximum absolute atomic E-state index is 5.25. The monoisotopic (exact) mass is 381 g/mol. The van der Waals surface area contributed by atoms with Crippen molar-refractivity contribution >= 4 is 11.6 Å². The smallest absolute Gasteiger partial charge is 0.191 e. The minimum absolute atomic E-state index is 0.193. The van der Waals surface area contributed by atoms with Gasteiger partial charge >= 0.3 is 0 Å². The van der Waals surface area contributed by atoms with E-state index < -0.39 is 0 Å². The van der Waals surface area contributed by atoms with Gasteiger partial charge in [-0.25, -0.2) is 0 Å². The van der Waals surface area contributed by atoms with E-state index in [4.69, 9.17) is 4.74 Å². The Kier molecular flexibility index (Phi) is 6.44. The standard InChI is InChI=1S/C20H27N7O/c1-21-20(23-14-19-25-24-18-7-5-6-12-27(18)19)22-13-17(26(2)3)15-8-10-16(28-4)11-9-15/h5-12,17H,13-14H2,1-4H3,(H2,21,22,23). The molecule has 1 unspecified atom stereocenters. The summed E-state index contributed by atoms with van der Waals surface area (Å²) >= 11 is 0. The third-order valence-corrected chi connectivity index (χ3v) is 4.61. The molecule has 28 heavy (non-hydrogen) atoms. The van der Waals surface area contributed by atoms with Crippen molar-refractivity contribution in [2.75, 3.05) is 34.8 Å². The summed E-state index contributed by atoms with van der Waals surface area (Å²) < 4.78 is 7.21. The number of methoxy groups -OCH3 is 1. The topological polar surface area (TPSA) is 79.1 Å². The van der Waals surface area contributed by atoms with Crippen LogP contribution in [0.15, 0.2) is 53.7 Å². The summed E-state index contributed by atoms with van der Waals surface area (Å²) in [4.78, 5) is 6.49. The molecule has 1 aromatic carbocycles. The Bertz CT molecular complexity index is 918. The zero-order valence-corrected chi connectivity index (χ0v) is 16.8. The van der Waals surface area contributed by atoms with E-state index in [2.05, 4.69) is 57.0 Å². The molecule has 148 valence electrons. The number of likely N-dealkylation sites (N-methyl/N-ethyl adjacent to an activating group) is 1. The van der Waals surface area contributed by atoms with Crippen LogP contribution in [0.25, 0.3) is 5.65 Å². The van der Waals surface area contributed by atoms with E-state index in [-0.39, 0.29) is 6.04 Å². The van der Waals surface area contributed by atoms with E-state index in [1.807, 2.05) is 40.9 Å². The largest absolute Gasteiger partial charge is 0.497 e. The van der Waals surface area contributed by atoms with E-state index in [0.29, 0.717) is 19.0 Å². The van der Waals surface area contributed by atoms with Gasteiger partial charge in [0.2, 0.25) is 0 Å². The SMILES string of the molecule is CN=C(NCc1nnc2ccccn12)NCC(c1ccc(OC)cc1)N(C)C. The third-order valence-electron chi connectivity index (χ3n) is 4.61. The lowest BCUT2D eigenvalue weighted by molar-refractivity contribution is 0.298. The molecule has 2 aromatic heterocycles. The van der Waals surface area contributed by atoms with E-state index in [1.54, 1.807) is 14.2 Å². The van der Waals surface area contributed by atoms with Gasteiger partial charge in [0.25, 0.3) is 0 Å². The first-order valence-corrected chi connectivity index (χ1v) is 9.16. The van der Waals surface area contributed by atoms with Crippen molar-refractivity contribution in [1.29, 1.82) is 0 Å². The first-order chi connectivity index (χ1) is 13.6. The third kappa shape index (κ3) is 4.58. The normalized spacial score (nSPS) is 13.0. The summed E-state index contributed by atoms with van der Waals surface area (Å²) in [7, 11) is 7.56. The molecule has 1 atom stereocenters. The van der Waals surface area contributed by atoms with Gasteiger partial charge in [0.1, 0.15) is 5.75 Å². The molecule has 8 nitrogen and oxygen atoms in total. The Hall–Kier alpha value is -3.13. The predicted octanol–water partition coefficient (Wildman–Crippen LogP) is 1.71. The number of hydrogen-bond donors (Lipinski definition) is 2. The molecule has 0 amide bonds. The van der Waals surface area contributed by atoms with E-state index in [9.17, 15) is 0 Å². The van der Waals surface area contributed by atoms with Gasteiger partial charge in [-0.15, -0.1) is 10.2 Å². The molecule has 0 aliphatic carbocycles. The van der Waals surface area contributed by atoms with Crippen LogP contribution in [-0.4, -0.2) is 60.3 Å². The second-order valence-corrected chi connectivity index (χ2v) is 6.60. The Morgan fingerprint density at radius 2 is 1.93 bits per heavy atom. The molecule has 3 aromatic rings. The minimum atomic E-state index is 0.193. The predicted molar refractivity (Wildman–Crippen MR) is 111 cm³/mol. The van der Waals surface area contributed by atoms with Crippen LogP contribution in [0.1, 0.15) is 17.4 Å². The second-order valence-electron chi connectivity index (χ2n) is 6.60. The van der Waals surface area contributed by atoms with Gasteiger partial charge in [0.15, 0.2) is 17.4 Å². The fourth-order valence-corrected chi connectivity index (χ4v) is 3.01. The molecule has 0 radical (unpaired) electrons. The number of hydrogen-bond acceptors (Lipinski definition) is 5. The van der Waals surface area contributed by atoms with Gasteiger partial charge in [-0.3, -0.25) is 9.39 Å². The summed E-state index contributed by atoms with van der Waals surface area (Å²) in [5.74, 6) is 2.40. The van der Waals surface area contributed by atoms with Crippen molar-refractivity contribution in [2.24, 2.45) is 4.99 Å². The zero-order chi connectivity index (χ0) is 19.9. The first kappa shape index (κ1) is 19.6. The van der Waals surface area contributed by atoms with Crippen LogP contribution in [0.4, 0.5) is 0 Å². The summed E-state index contributed by atoms with van der Waals surface area (Å²) in [5.41, 5.74) is 2.03. The van der Waals surface area contributed by atoms with Gasteiger partial charge < -0.3 is 20.3 Å². The number of nitrogens with zero attached hydrogens (tertiary/aromatic N) is 5. The van der Waals surface area contributed by atoms with Crippen LogP contribution in [0.3, 0.4) is 0 Å². The molecule has 3 rings (SSSR count). The summed E-state index contributed by atoms with van der Waals surface area (Å²) in [6, 6.07) is 14.2. The van der Waals surface area contributed by atoms with E-state index >= 15 is 0 Å². The molecule has 0 aliphatic heterocycles. The number of benzene rings is 1. The molecule has 2 heterocycles. The Morgan fingerprint density at radius 3 is 2.61 bits per heavy atom. The van der Waals surface area contributed by atoms with Crippen molar-refractivity contribution in [3.8, 4) is 5.75 Å². The number of fused-ring (bicyclic) bond motifs is 1.